The second-order valence-electron chi connectivity index (χ2n) is 17.0. The van der Waals surface area contributed by atoms with Crippen molar-refractivity contribution in [1.29, 1.82) is 5.41 Å². The summed E-state index contributed by atoms with van der Waals surface area (Å²) in [5.74, 6) is -2.96. The van der Waals surface area contributed by atoms with Crippen molar-refractivity contribution in [2.24, 2.45) is 5.16 Å². The molecule has 368 valence electrons. The van der Waals surface area contributed by atoms with Crippen LogP contribution in [0.2, 0.25) is 4.34 Å². The minimum atomic E-state index is -5.14. The predicted octanol–water partition coefficient (Wildman–Crippen LogP) is 5.54. The molecule has 0 aliphatic carbocycles. The Labute approximate surface area is 405 Å². The zero-order valence-electron chi connectivity index (χ0n) is 37.7. The average Bonchev–Trinajstić information content (AvgIpc) is 3.65. The topological polar surface area (TPSA) is 298 Å². The minimum absolute atomic E-state index is 0.101. The van der Waals surface area contributed by atoms with Crippen LogP contribution in [0.5, 0.6) is 5.75 Å². The van der Waals surface area contributed by atoms with Crippen molar-refractivity contribution in [2.45, 2.75) is 82.9 Å². The van der Waals surface area contributed by atoms with Crippen LogP contribution < -0.4 is 20.7 Å². The molecule has 6 rings (SSSR count). The number of nitrogens with one attached hydrogen (secondary N) is 4. The number of carbonyl (C=O) groups excluding carboxylic acids is 4. The number of nitrogens with zero attached hydrogens (tertiary/aromatic N) is 4. The number of hydrogen-bond acceptors (Lipinski definition) is 16. The number of ether oxygens (including phenoxy) is 3. The molecule has 2 saturated heterocycles. The maximum atomic E-state index is 14.3. The van der Waals surface area contributed by atoms with Gasteiger partial charge in [-0.15, -0.1) is 4.28 Å². The number of aromatic nitrogens is 1. The van der Waals surface area contributed by atoms with Gasteiger partial charge in [-0.1, -0.05) is 88.8 Å². The number of piperidine rings is 1. The van der Waals surface area contributed by atoms with E-state index in [2.05, 4.69) is 30.4 Å². The van der Waals surface area contributed by atoms with E-state index in [0.29, 0.717) is 59.0 Å². The van der Waals surface area contributed by atoms with Crippen molar-refractivity contribution in [3.63, 3.8) is 0 Å². The number of β-lactam (4-membered cyclic amide) rings is 1. The van der Waals surface area contributed by atoms with E-state index in [-0.39, 0.29) is 32.8 Å². The number of hydroxylamine groups is 2. The number of carbonyl (C=O) groups is 5. The lowest BCUT2D eigenvalue weighted by atomic mass is 9.84. The monoisotopic (exact) mass is 1010 g/mol. The standard InChI is InChI=1S/C44H49ClN8O14S2/c1-43(2,3)65-41(57)50-40-48-31(35(45)68-40)32(37(54)49-34-38(55)53(44(34,4)5)67-69(60,61)62)51-66-30(39(56)64-33(25-12-8-6-9-13-25)26-14-10-7-11-15-26)24-63-29-18-16-27(17-19-29)36(46)47-28-20-22-52(23-21-28)42(58)59/h6-19,28,30,33-34H,20-24H2,1-5H3,(H2,46,47)(H,49,54)(H,58,59)(H,48,50,57)(H,60,61,62)/b51-32-/t30?,34-/m1/s1. The van der Waals surface area contributed by atoms with Gasteiger partial charge in [-0.3, -0.25) is 24.9 Å². The number of thiazole rings is 1. The number of carboxylic acid groups (broad SMARTS) is 1. The average molecular weight is 1010 g/mol. The molecule has 1 aromatic heterocycles. The number of oxime groups is 1. The molecule has 0 spiro atoms. The molecular weight excluding hydrogens is 964 g/mol. The highest BCUT2D eigenvalue weighted by Crippen LogP contribution is 2.34. The Morgan fingerprint density at radius 3 is 2.10 bits per heavy atom. The van der Waals surface area contributed by atoms with Crippen molar-refractivity contribution >= 4 is 80.0 Å². The van der Waals surface area contributed by atoms with Crippen LogP contribution in [0.1, 0.15) is 75.9 Å². The quantitative estimate of drug-likeness (QED) is 0.0189. The Morgan fingerprint density at radius 1 is 0.971 bits per heavy atom. The Balaban J connectivity index is 1.30. The Bertz CT molecular complexity index is 2640. The fourth-order valence-corrected chi connectivity index (χ4v) is 8.41. The van der Waals surface area contributed by atoms with Gasteiger partial charge in [0, 0.05) is 24.7 Å². The lowest BCUT2D eigenvalue weighted by molar-refractivity contribution is -0.218. The molecule has 2 aliphatic heterocycles. The van der Waals surface area contributed by atoms with E-state index in [4.69, 9.17) is 36.1 Å². The predicted molar refractivity (Wildman–Crippen MR) is 249 cm³/mol. The van der Waals surface area contributed by atoms with E-state index in [1.807, 2.05) is 0 Å². The fraction of sp³-hybridized carbons (Fsp3) is 0.364. The summed E-state index contributed by atoms with van der Waals surface area (Å²) in [6.07, 6.45) is -3.58. The molecule has 2 aliphatic rings. The number of benzene rings is 3. The maximum Gasteiger partial charge on any atom is 0.418 e. The highest BCUT2D eigenvalue weighted by molar-refractivity contribution is 7.80. The van der Waals surface area contributed by atoms with Crippen molar-refractivity contribution in [3.8, 4) is 5.75 Å². The highest BCUT2D eigenvalue weighted by Gasteiger charge is 2.58. The van der Waals surface area contributed by atoms with Crippen LogP contribution in [0, 0.1) is 5.41 Å². The van der Waals surface area contributed by atoms with Crippen LogP contribution in [-0.4, -0.2) is 124 Å². The van der Waals surface area contributed by atoms with Crippen LogP contribution in [0.25, 0.3) is 0 Å². The molecule has 2 fully saturated rings. The second kappa shape index (κ2) is 21.6. The molecule has 6 N–H and O–H groups in total. The first kappa shape index (κ1) is 51.5. The summed E-state index contributed by atoms with van der Waals surface area (Å²) < 4.78 is 53.8. The SMILES string of the molecule is CC(C)(C)OC(=O)Nc1nc(/C(=N/OC(COc2ccc(C(=N)NC3CCN(C(=O)O)CC3)cc2)C(=O)OC(c2ccccc2)c2ccccc2)C(=O)N[C@@H]2C(=O)N(OS(=O)(=O)O)C2(C)C)c(Cl)s1. The van der Waals surface area contributed by atoms with Gasteiger partial charge in [0.1, 0.15) is 39.9 Å². The van der Waals surface area contributed by atoms with E-state index in [1.54, 1.807) is 106 Å². The van der Waals surface area contributed by atoms with Crippen LogP contribution in [0.3, 0.4) is 0 Å². The molecule has 25 heteroatoms. The molecule has 69 heavy (non-hydrogen) atoms. The first-order valence-electron chi connectivity index (χ1n) is 21.1. The molecule has 22 nitrogen and oxygen atoms in total. The number of halogens is 1. The van der Waals surface area contributed by atoms with Gasteiger partial charge in [0.05, 0.1) is 5.54 Å². The van der Waals surface area contributed by atoms with Gasteiger partial charge in [-0.25, -0.2) is 19.4 Å². The summed E-state index contributed by atoms with van der Waals surface area (Å²) in [6.45, 7) is 7.64. The lowest BCUT2D eigenvalue weighted by Crippen LogP contribution is -2.76. The summed E-state index contributed by atoms with van der Waals surface area (Å²) in [5, 5.41) is 30.1. The third-order valence-corrected chi connectivity index (χ3v) is 11.9. The van der Waals surface area contributed by atoms with Crippen LogP contribution >= 0.6 is 22.9 Å². The van der Waals surface area contributed by atoms with Gasteiger partial charge in [-0.2, -0.15) is 13.5 Å². The molecule has 0 bridgehead atoms. The van der Waals surface area contributed by atoms with Gasteiger partial charge in [0.2, 0.25) is 0 Å². The normalized spacial score (nSPS) is 16.7. The van der Waals surface area contributed by atoms with Crippen molar-refractivity contribution in [3.05, 3.63) is 112 Å². The van der Waals surface area contributed by atoms with Gasteiger partial charge < -0.3 is 39.7 Å². The van der Waals surface area contributed by atoms with Crippen molar-refractivity contribution < 1.29 is 65.4 Å². The summed E-state index contributed by atoms with van der Waals surface area (Å²) in [6, 6.07) is 22.3. The molecule has 4 amide bonds. The van der Waals surface area contributed by atoms with Crippen LogP contribution in [0.4, 0.5) is 14.7 Å². The number of amidine groups is 1. The minimum Gasteiger partial charge on any atom is -0.489 e. The molecule has 0 saturated carbocycles. The van der Waals surface area contributed by atoms with Crippen LogP contribution in [-0.2, 0) is 43.4 Å². The van der Waals surface area contributed by atoms with Crippen molar-refractivity contribution in [1.82, 2.24) is 25.6 Å². The van der Waals surface area contributed by atoms with Gasteiger partial charge in [-0.05, 0) is 82.9 Å². The molecule has 3 aromatic carbocycles. The first-order valence-corrected chi connectivity index (χ1v) is 23.6. The zero-order valence-corrected chi connectivity index (χ0v) is 40.1. The van der Waals surface area contributed by atoms with Gasteiger partial charge in [0.25, 0.3) is 17.9 Å². The molecule has 1 unspecified atom stereocenters. The first-order chi connectivity index (χ1) is 32.5. The third kappa shape index (κ3) is 13.7. The Hall–Kier alpha value is -6.86. The third-order valence-electron chi connectivity index (χ3n) is 10.4. The summed E-state index contributed by atoms with van der Waals surface area (Å²) in [5.41, 5.74) is -1.91. The summed E-state index contributed by atoms with van der Waals surface area (Å²) in [4.78, 5) is 77.0. The highest BCUT2D eigenvalue weighted by atomic mass is 35.5. The number of esters is 1. The summed E-state index contributed by atoms with van der Waals surface area (Å²) in [7, 11) is -5.14. The second-order valence-corrected chi connectivity index (χ2v) is 19.6. The van der Waals surface area contributed by atoms with Gasteiger partial charge in [0.15, 0.2) is 16.9 Å². The molecule has 4 aromatic rings. The van der Waals surface area contributed by atoms with E-state index >= 15 is 0 Å². The maximum absolute atomic E-state index is 14.3. The van der Waals surface area contributed by atoms with E-state index in [0.717, 1.165) is 0 Å². The number of rotatable bonds is 17. The van der Waals surface area contributed by atoms with Crippen molar-refractivity contribution in [2.75, 3.05) is 25.0 Å². The molecule has 0 radical (unpaired) electrons. The molecular formula is C44H49ClN8O14S2. The fourth-order valence-electron chi connectivity index (χ4n) is 6.93. The number of likely N-dealkylation sites (tertiary alicyclic amines) is 1. The molecule has 3 heterocycles. The number of hydrogen-bond donors (Lipinski definition) is 6. The Kier molecular flexibility index (Phi) is 16.1. The smallest absolute Gasteiger partial charge is 0.418 e. The Morgan fingerprint density at radius 2 is 1.57 bits per heavy atom. The van der Waals surface area contributed by atoms with Crippen LogP contribution in [0.15, 0.2) is 90.1 Å². The van der Waals surface area contributed by atoms with Gasteiger partial charge >= 0.3 is 28.6 Å². The molecule has 2 atom stereocenters. The van der Waals surface area contributed by atoms with E-state index in [1.165, 1.54) is 18.7 Å². The number of amides is 4. The lowest BCUT2D eigenvalue weighted by Gasteiger charge is -2.50. The van der Waals surface area contributed by atoms with E-state index < -0.39 is 82.1 Å². The summed E-state index contributed by atoms with van der Waals surface area (Å²) >= 11 is 7.30. The largest absolute Gasteiger partial charge is 0.489 e. The van der Waals surface area contributed by atoms with E-state index in [9.17, 15) is 42.0 Å². The zero-order chi connectivity index (χ0) is 50.3. The number of anilines is 1.